The van der Waals surface area contributed by atoms with Crippen LogP contribution in [0.4, 0.5) is 0 Å². The van der Waals surface area contributed by atoms with E-state index in [0.29, 0.717) is 12.5 Å². The SMILES string of the molecule is CCSCCN1CCCCC1CCC(=O)O. The van der Waals surface area contributed by atoms with Crippen molar-refractivity contribution in [3.8, 4) is 0 Å². The fourth-order valence-corrected chi connectivity index (χ4v) is 2.95. The largest absolute Gasteiger partial charge is 0.481 e. The number of piperidine rings is 1. The van der Waals surface area contributed by atoms with Gasteiger partial charge in [-0.25, -0.2) is 0 Å². The summed E-state index contributed by atoms with van der Waals surface area (Å²) in [6.45, 7) is 4.47. The molecule has 1 saturated heterocycles. The minimum Gasteiger partial charge on any atom is -0.481 e. The molecule has 0 saturated carbocycles. The van der Waals surface area contributed by atoms with Gasteiger partial charge in [-0.1, -0.05) is 13.3 Å². The third kappa shape index (κ3) is 5.21. The van der Waals surface area contributed by atoms with Crippen molar-refractivity contribution in [2.45, 2.75) is 45.1 Å². The van der Waals surface area contributed by atoms with E-state index in [1.54, 1.807) is 0 Å². The van der Waals surface area contributed by atoms with Gasteiger partial charge >= 0.3 is 5.97 Å². The van der Waals surface area contributed by atoms with Gasteiger partial charge in [-0.2, -0.15) is 11.8 Å². The van der Waals surface area contributed by atoms with E-state index in [1.165, 1.54) is 30.8 Å². The van der Waals surface area contributed by atoms with Crippen LogP contribution in [0.2, 0.25) is 0 Å². The van der Waals surface area contributed by atoms with Crippen molar-refractivity contribution in [2.75, 3.05) is 24.6 Å². The Bertz CT molecular complexity index is 211. The Kier molecular flexibility index (Phi) is 6.88. The van der Waals surface area contributed by atoms with E-state index >= 15 is 0 Å². The molecule has 1 aliphatic rings. The molecule has 1 heterocycles. The number of carboxylic acids is 1. The zero-order chi connectivity index (χ0) is 11.8. The van der Waals surface area contributed by atoms with E-state index < -0.39 is 5.97 Å². The number of thioether (sulfide) groups is 1. The van der Waals surface area contributed by atoms with Crippen LogP contribution in [0.1, 0.15) is 39.0 Å². The van der Waals surface area contributed by atoms with Gasteiger partial charge in [0.25, 0.3) is 0 Å². The van der Waals surface area contributed by atoms with Crippen LogP contribution >= 0.6 is 11.8 Å². The van der Waals surface area contributed by atoms with Crippen LogP contribution in [-0.2, 0) is 4.79 Å². The number of hydrogen-bond donors (Lipinski definition) is 1. The van der Waals surface area contributed by atoms with E-state index in [9.17, 15) is 4.79 Å². The molecule has 0 spiro atoms. The van der Waals surface area contributed by atoms with Gasteiger partial charge in [0.05, 0.1) is 0 Å². The van der Waals surface area contributed by atoms with E-state index in [-0.39, 0.29) is 0 Å². The van der Waals surface area contributed by atoms with Crippen LogP contribution in [0.3, 0.4) is 0 Å². The molecule has 1 N–H and O–H groups in total. The van der Waals surface area contributed by atoms with Gasteiger partial charge < -0.3 is 5.11 Å². The highest BCUT2D eigenvalue weighted by molar-refractivity contribution is 7.99. The van der Waals surface area contributed by atoms with Gasteiger partial charge in [0.1, 0.15) is 0 Å². The minimum absolute atomic E-state index is 0.322. The number of hydrogen-bond acceptors (Lipinski definition) is 3. The van der Waals surface area contributed by atoms with Crippen molar-refractivity contribution in [2.24, 2.45) is 0 Å². The standard InChI is InChI=1S/C12H23NO2S/c1-2-16-10-9-13-8-4-3-5-11(13)6-7-12(14)15/h11H,2-10H2,1H3,(H,14,15). The number of likely N-dealkylation sites (tertiary alicyclic amines) is 1. The number of rotatable bonds is 7. The Hall–Kier alpha value is -0.220. The molecule has 0 bridgehead atoms. The summed E-state index contributed by atoms with van der Waals surface area (Å²) in [7, 11) is 0. The maximum Gasteiger partial charge on any atom is 0.303 e. The number of nitrogens with zero attached hydrogens (tertiary/aromatic N) is 1. The summed E-state index contributed by atoms with van der Waals surface area (Å²) in [5, 5.41) is 8.72. The lowest BCUT2D eigenvalue weighted by atomic mass is 9.98. The Morgan fingerprint density at radius 2 is 2.31 bits per heavy atom. The van der Waals surface area contributed by atoms with Crippen LogP contribution < -0.4 is 0 Å². The van der Waals surface area contributed by atoms with Gasteiger partial charge in [-0.05, 0) is 31.6 Å². The molecule has 0 aromatic heterocycles. The summed E-state index contributed by atoms with van der Waals surface area (Å²) in [6, 6.07) is 0.516. The lowest BCUT2D eigenvalue weighted by Crippen LogP contribution is -2.41. The van der Waals surface area contributed by atoms with E-state index in [4.69, 9.17) is 5.11 Å². The smallest absolute Gasteiger partial charge is 0.303 e. The highest BCUT2D eigenvalue weighted by Crippen LogP contribution is 2.21. The molecule has 0 aliphatic carbocycles. The fourth-order valence-electron chi connectivity index (χ4n) is 2.30. The average molecular weight is 245 g/mol. The molecule has 1 unspecified atom stereocenters. The Balaban J connectivity index is 2.28. The summed E-state index contributed by atoms with van der Waals surface area (Å²) in [6.07, 6.45) is 4.88. The second kappa shape index (κ2) is 7.96. The molecule has 1 fully saturated rings. The van der Waals surface area contributed by atoms with E-state index in [1.807, 2.05) is 11.8 Å². The molecule has 0 aromatic rings. The normalized spacial score (nSPS) is 22.2. The summed E-state index contributed by atoms with van der Waals surface area (Å²) in [4.78, 5) is 13.1. The monoisotopic (exact) mass is 245 g/mol. The molecule has 4 heteroatoms. The Labute approximate surface area is 103 Å². The lowest BCUT2D eigenvalue weighted by molar-refractivity contribution is -0.137. The fraction of sp³-hybridized carbons (Fsp3) is 0.917. The minimum atomic E-state index is -0.659. The van der Waals surface area contributed by atoms with Gasteiger partial charge in [0, 0.05) is 24.8 Å². The van der Waals surface area contributed by atoms with Crippen LogP contribution in [0.25, 0.3) is 0 Å². The van der Waals surface area contributed by atoms with Gasteiger partial charge in [0.15, 0.2) is 0 Å². The highest BCUT2D eigenvalue weighted by Gasteiger charge is 2.22. The number of carboxylic acid groups (broad SMARTS) is 1. The number of aliphatic carboxylic acids is 1. The highest BCUT2D eigenvalue weighted by atomic mass is 32.2. The van der Waals surface area contributed by atoms with Crippen LogP contribution in [-0.4, -0.2) is 46.6 Å². The van der Waals surface area contributed by atoms with Crippen LogP contribution in [0.5, 0.6) is 0 Å². The van der Waals surface area contributed by atoms with Crippen molar-refractivity contribution in [1.29, 1.82) is 0 Å². The molecule has 16 heavy (non-hydrogen) atoms. The Morgan fingerprint density at radius 3 is 3.00 bits per heavy atom. The van der Waals surface area contributed by atoms with Crippen molar-refractivity contribution < 1.29 is 9.90 Å². The molecule has 0 aromatic carbocycles. The van der Waals surface area contributed by atoms with Crippen molar-refractivity contribution in [3.63, 3.8) is 0 Å². The molecule has 0 amide bonds. The molecular weight excluding hydrogens is 222 g/mol. The zero-order valence-electron chi connectivity index (χ0n) is 10.2. The lowest BCUT2D eigenvalue weighted by Gasteiger charge is -2.35. The van der Waals surface area contributed by atoms with Crippen molar-refractivity contribution >= 4 is 17.7 Å². The topological polar surface area (TPSA) is 40.5 Å². The molecule has 1 rings (SSSR count). The average Bonchev–Trinajstić information content (AvgIpc) is 2.28. The van der Waals surface area contributed by atoms with E-state index in [0.717, 1.165) is 19.5 Å². The van der Waals surface area contributed by atoms with Gasteiger partial charge in [-0.3, -0.25) is 9.69 Å². The first kappa shape index (κ1) is 13.8. The number of carbonyl (C=O) groups is 1. The van der Waals surface area contributed by atoms with Gasteiger partial charge in [-0.15, -0.1) is 0 Å². The van der Waals surface area contributed by atoms with Crippen molar-refractivity contribution in [1.82, 2.24) is 4.90 Å². The molecule has 3 nitrogen and oxygen atoms in total. The molecule has 1 aliphatic heterocycles. The predicted octanol–water partition coefficient (Wildman–Crippen LogP) is 2.46. The van der Waals surface area contributed by atoms with Gasteiger partial charge in [0.2, 0.25) is 0 Å². The maximum atomic E-state index is 10.6. The first-order valence-electron chi connectivity index (χ1n) is 6.27. The zero-order valence-corrected chi connectivity index (χ0v) is 11.0. The third-order valence-electron chi connectivity index (χ3n) is 3.17. The van der Waals surface area contributed by atoms with Crippen molar-refractivity contribution in [3.05, 3.63) is 0 Å². The predicted molar refractivity (Wildman–Crippen MR) is 69.1 cm³/mol. The van der Waals surface area contributed by atoms with Crippen LogP contribution in [0.15, 0.2) is 0 Å². The quantitative estimate of drug-likeness (QED) is 0.700. The first-order valence-corrected chi connectivity index (χ1v) is 7.43. The molecule has 0 radical (unpaired) electrons. The molecule has 94 valence electrons. The third-order valence-corrected chi connectivity index (χ3v) is 4.05. The summed E-state index contributed by atoms with van der Waals surface area (Å²) < 4.78 is 0. The summed E-state index contributed by atoms with van der Waals surface area (Å²) in [5.41, 5.74) is 0. The first-order chi connectivity index (χ1) is 7.74. The van der Waals surface area contributed by atoms with E-state index in [2.05, 4.69) is 11.8 Å². The summed E-state index contributed by atoms with van der Waals surface area (Å²) >= 11 is 1.97. The second-order valence-electron chi connectivity index (χ2n) is 4.31. The second-order valence-corrected chi connectivity index (χ2v) is 5.71. The maximum absolute atomic E-state index is 10.6. The molecular formula is C12H23NO2S. The Morgan fingerprint density at radius 1 is 1.50 bits per heavy atom. The molecule has 1 atom stereocenters. The van der Waals surface area contributed by atoms with Crippen LogP contribution in [0, 0.1) is 0 Å². The summed E-state index contributed by atoms with van der Waals surface area (Å²) in [5.74, 6) is 1.70.